The number of nitrogens with two attached hydrogens (primary N) is 1. The number of rotatable bonds is 4. The lowest BCUT2D eigenvalue weighted by Gasteiger charge is -2.19. The fraction of sp³-hybridized carbons (Fsp3) is 0.667. The molecule has 17 heavy (non-hydrogen) atoms. The van der Waals surface area contributed by atoms with Crippen molar-refractivity contribution in [1.82, 2.24) is 9.97 Å². The molecule has 1 atom stereocenters. The van der Waals surface area contributed by atoms with Crippen LogP contribution in [-0.4, -0.2) is 27.1 Å². The second kappa shape index (κ2) is 5.31. The van der Waals surface area contributed by atoms with Gasteiger partial charge in [-0.25, -0.2) is 4.98 Å². The van der Waals surface area contributed by atoms with Gasteiger partial charge >= 0.3 is 5.97 Å². The van der Waals surface area contributed by atoms with Gasteiger partial charge in [-0.15, -0.1) is 0 Å². The van der Waals surface area contributed by atoms with Gasteiger partial charge in [0.15, 0.2) is 0 Å². The molecule has 1 saturated carbocycles. The summed E-state index contributed by atoms with van der Waals surface area (Å²) in [5, 5.41) is 8.73. The Bertz CT molecular complexity index is 383. The van der Waals surface area contributed by atoms with Crippen molar-refractivity contribution < 1.29 is 9.90 Å². The molecule has 0 aliphatic heterocycles. The number of nitrogens with one attached hydrogen (secondary N) is 1. The summed E-state index contributed by atoms with van der Waals surface area (Å²) in [4.78, 5) is 18.1. The number of carbonyl (C=O) groups is 1. The summed E-state index contributed by atoms with van der Waals surface area (Å²) >= 11 is 0. The normalized spacial score (nSPS) is 19.1. The quantitative estimate of drug-likeness (QED) is 0.738. The van der Waals surface area contributed by atoms with Gasteiger partial charge in [-0.1, -0.05) is 19.3 Å². The maximum absolute atomic E-state index is 10.6. The van der Waals surface area contributed by atoms with E-state index in [0.717, 1.165) is 5.69 Å². The second-order valence-electron chi connectivity index (χ2n) is 4.77. The standard InChI is InChI=1S/C12H19N3O2/c13-9(12(16)17)6-11-14-7-10(15-11)8-4-2-1-3-5-8/h7-9H,1-6,13H2,(H,14,15)(H,16,17). The highest BCUT2D eigenvalue weighted by atomic mass is 16.4. The number of hydrogen-bond donors (Lipinski definition) is 3. The number of carboxylic acid groups (broad SMARTS) is 1. The number of nitrogens with zero attached hydrogens (tertiary/aromatic N) is 1. The molecule has 2 rings (SSSR count). The summed E-state index contributed by atoms with van der Waals surface area (Å²) in [6.07, 6.45) is 8.36. The van der Waals surface area contributed by atoms with Crippen LogP contribution in [0.25, 0.3) is 0 Å². The lowest BCUT2D eigenvalue weighted by molar-refractivity contribution is -0.138. The van der Waals surface area contributed by atoms with Crippen LogP contribution in [0.4, 0.5) is 0 Å². The van der Waals surface area contributed by atoms with E-state index in [2.05, 4.69) is 9.97 Å². The van der Waals surface area contributed by atoms with Crippen molar-refractivity contribution in [2.45, 2.75) is 50.5 Å². The average molecular weight is 237 g/mol. The van der Waals surface area contributed by atoms with Crippen LogP contribution >= 0.6 is 0 Å². The molecule has 1 heterocycles. The zero-order valence-corrected chi connectivity index (χ0v) is 9.85. The van der Waals surface area contributed by atoms with Crippen LogP contribution in [0.1, 0.15) is 49.5 Å². The summed E-state index contributed by atoms with van der Waals surface area (Å²) in [6, 6.07) is -0.875. The number of imidazole rings is 1. The molecule has 0 amide bonds. The van der Waals surface area contributed by atoms with Crippen molar-refractivity contribution in [3.63, 3.8) is 0 Å². The van der Waals surface area contributed by atoms with E-state index in [0.29, 0.717) is 11.7 Å². The Morgan fingerprint density at radius 1 is 1.53 bits per heavy atom. The molecular formula is C12H19N3O2. The molecule has 0 saturated heterocycles. The van der Waals surface area contributed by atoms with E-state index >= 15 is 0 Å². The fourth-order valence-corrected chi connectivity index (χ4v) is 2.40. The van der Waals surface area contributed by atoms with E-state index in [1.54, 1.807) is 0 Å². The molecule has 0 radical (unpaired) electrons. The van der Waals surface area contributed by atoms with Crippen molar-refractivity contribution in [3.8, 4) is 0 Å². The zero-order valence-electron chi connectivity index (χ0n) is 9.85. The monoisotopic (exact) mass is 237 g/mol. The van der Waals surface area contributed by atoms with E-state index in [1.165, 1.54) is 32.1 Å². The number of aromatic amines is 1. The van der Waals surface area contributed by atoms with Gasteiger partial charge in [0.1, 0.15) is 11.9 Å². The molecule has 1 unspecified atom stereocenters. The van der Waals surface area contributed by atoms with Gasteiger partial charge in [0.05, 0.1) is 0 Å². The van der Waals surface area contributed by atoms with Crippen molar-refractivity contribution in [2.75, 3.05) is 0 Å². The summed E-state index contributed by atoms with van der Waals surface area (Å²) in [7, 11) is 0. The Hall–Kier alpha value is -1.36. The number of aromatic nitrogens is 2. The maximum Gasteiger partial charge on any atom is 0.320 e. The van der Waals surface area contributed by atoms with Gasteiger partial charge in [0.2, 0.25) is 0 Å². The molecule has 0 spiro atoms. The smallest absolute Gasteiger partial charge is 0.320 e. The van der Waals surface area contributed by atoms with Crippen LogP contribution in [0.15, 0.2) is 6.20 Å². The largest absolute Gasteiger partial charge is 0.480 e. The van der Waals surface area contributed by atoms with Crippen LogP contribution < -0.4 is 5.73 Å². The average Bonchev–Trinajstić information content (AvgIpc) is 2.78. The summed E-state index contributed by atoms with van der Waals surface area (Å²) in [5.74, 6) is 0.257. The second-order valence-corrected chi connectivity index (χ2v) is 4.77. The third-order valence-corrected chi connectivity index (χ3v) is 3.42. The molecule has 1 aromatic heterocycles. The first kappa shape index (κ1) is 12.1. The first-order chi connectivity index (χ1) is 8.16. The predicted octanol–water partition coefficient (Wildman–Crippen LogP) is 1.41. The van der Waals surface area contributed by atoms with E-state index in [-0.39, 0.29) is 6.42 Å². The van der Waals surface area contributed by atoms with Crippen LogP contribution in [0.3, 0.4) is 0 Å². The molecule has 1 aliphatic rings. The summed E-state index contributed by atoms with van der Waals surface area (Å²) < 4.78 is 0. The fourth-order valence-electron chi connectivity index (χ4n) is 2.40. The SMILES string of the molecule is NC(Cc1ncc(C2CCCCC2)[nH]1)C(=O)O. The minimum Gasteiger partial charge on any atom is -0.480 e. The molecular weight excluding hydrogens is 218 g/mol. The summed E-state index contributed by atoms with van der Waals surface area (Å²) in [5.41, 5.74) is 6.61. The molecule has 1 aromatic rings. The number of aliphatic carboxylic acids is 1. The van der Waals surface area contributed by atoms with Crippen LogP contribution in [-0.2, 0) is 11.2 Å². The van der Waals surface area contributed by atoms with E-state index in [1.807, 2.05) is 6.20 Å². The number of carboxylic acids is 1. The highest BCUT2D eigenvalue weighted by molar-refractivity contribution is 5.73. The minimum absolute atomic E-state index is 0.266. The molecule has 1 fully saturated rings. The van der Waals surface area contributed by atoms with Gasteiger partial charge in [0, 0.05) is 24.2 Å². The molecule has 0 aromatic carbocycles. The zero-order chi connectivity index (χ0) is 12.3. The third kappa shape index (κ3) is 3.06. The molecule has 5 heteroatoms. The van der Waals surface area contributed by atoms with Crippen LogP contribution in [0.5, 0.6) is 0 Å². The van der Waals surface area contributed by atoms with E-state index in [4.69, 9.17) is 10.8 Å². The number of H-pyrrole nitrogens is 1. The van der Waals surface area contributed by atoms with Gasteiger partial charge in [-0.05, 0) is 12.8 Å². The van der Waals surface area contributed by atoms with Gasteiger partial charge in [-0.2, -0.15) is 0 Å². The van der Waals surface area contributed by atoms with Crippen molar-refractivity contribution >= 4 is 5.97 Å². The Morgan fingerprint density at radius 2 is 2.24 bits per heavy atom. The molecule has 5 nitrogen and oxygen atoms in total. The van der Waals surface area contributed by atoms with Crippen LogP contribution in [0, 0.1) is 0 Å². The maximum atomic E-state index is 10.6. The Kier molecular flexibility index (Phi) is 3.78. The van der Waals surface area contributed by atoms with Gasteiger partial charge in [0.25, 0.3) is 0 Å². The third-order valence-electron chi connectivity index (χ3n) is 3.42. The van der Waals surface area contributed by atoms with Crippen LogP contribution in [0.2, 0.25) is 0 Å². The first-order valence-corrected chi connectivity index (χ1v) is 6.19. The van der Waals surface area contributed by atoms with Crippen molar-refractivity contribution in [2.24, 2.45) is 5.73 Å². The topological polar surface area (TPSA) is 92.0 Å². The minimum atomic E-state index is -0.986. The molecule has 0 bridgehead atoms. The molecule has 4 N–H and O–H groups in total. The predicted molar refractivity (Wildman–Crippen MR) is 63.7 cm³/mol. The van der Waals surface area contributed by atoms with Crippen molar-refractivity contribution in [1.29, 1.82) is 0 Å². The Labute approximate surface area is 100 Å². The Morgan fingerprint density at radius 3 is 2.88 bits per heavy atom. The van der Waals surface area contributed by atoms with Gasteiger partial charge in [-0.3, -0.25) is 4.79 Å². The van der Waals surface area contributed by atoms with Gasteiger partial charge < -0.3 is 15.8 Å². The lowest BCUT2D eigenvalue weighted by atomic mass is 9.87. The lowest BCUT2D eigenvalue weighted by Crippen LogP contribution is -2.32. The number of hydrogen-bond acceptors (Lipinski definition) is 3. The van der Waals surface area contributed by atoms with E-state index in [9.17, 15) is 4.79 Å². The Balaban J connectivity index is 1.97. The van der Waals surface area contributed by atoms with Crippen molar-refractivity contribution in [3.05, 3.63) is 17.7 Å². The highest BCUT2D eigenvalue weighted by Crippen LogP contribution is 2.31. The molecule has 94 valence electrons. The molecule has 1 aliphatic carbocycles. The van der Waals surface area contributed by atoms with E-state index < -0.39 is 12.0 Å². The first-order valence-electron chi connectivity index (χ1n) is 6.19. The summed E-state index contributed by atoms with van der Waals surface area (Å²) in [6.45, 7) is 0. The highest BCUT2D eigenvalue weighted by Gasteiger charge is 2.19.